The third-order valence-corrected chi connectivity index (χ3v) is 5.21. The van der Waals surface area contributed by atoms with E-state index in [0.29, 0.717) is 25.9 Å². The van der Waals surface area contributed by atoms with Crippen LogP contribution < -0.4 is 5.73 Å². The van der Waals surface area contributed by atoms with Crippen LogP contribution in [0.4, 0.5) is 0 Å². The Morgan fingerprint density at radius 2 is 1.81 bits per heavy atom. The summed E-state index contributed by atoms with van der Waals surface area (Å²) in [6, 6.07) is 9.52. The number of carbonyl (C=O) groups excluding carboxylic acids is 3. The van der Waals surface area contributed by atoms with Gasteiger partial charge in [-0.2, -0.15) is 0 Å². The molecule has 6 nitrogen and oxygen atoms in total. The number of esters is 1. The summed E-state index contributed by atoms with van der Waals surface area (Å²) in [6.07, 6.45) is 1.96. The molecular weight excluding hydrogens is 332 g/mol. The number of hydrogen-bond donors (Lipinski definition) is 1. The van der Waals surface area contributed by atoms with Crippen molar-refractivity contribution in [3.05, 3.63) is 35.9 Å². The highest BCUT2D eigenvalue weighted by atomic mass is 16.5. The molecule has 2 atom stereocenters. The van der Waals surface area contributed by atoms with Gasteiger partial charge < -0.3 is 15.4 Å². The second-order valence-electron chi connectivity index (χ2n) is 6.94. The zero-order chi connectivity index (χ0) is 19.1. The number of ether oxygens (including phenoxy) is 1. The maximum Gasteiger partial charge on any atom is 0.314 e. The molecule has 0 spiro atoms. The van der Waals surface area contributed by atoms with Gasteiger partial charge in [0.25, 0.3) is 5.91 Å². The molecule has 1 heterocycles. The molecule has 6 heteroatoms. The lowest BCUT2D eigenvalue weighted by molar-refractivity contribution is -0.155. The summed E-state index contributed by atoms with van der Waals surface area (Å²) in [5.41, 5.74) is 6.21. The number of nitrogens with zero attached hydrogens (tertiary/aromatic N) is 1. The predicted octanol–water partition coefficient (Wildman–Crippen LogP) is 2.08. The highest BCUT2D eigenvalue weighted by molar-refractivity contribution is 5.84. The summed E-state index contributed by atoms with van der Waals surface area (Å²) >= 11 is 0. The Labute approximate surface area is 154 Å². The molecule has 0 unspecified atom stereocenters. The van der Waals surface area contributed by atoms with Crippen LogP contribution >= 0.6 is 0 Å². The third-order valence-electron chi connectivity index (χ3n) is 5.21. The van der Waals surface area contributed by atoms with Crippen molar-refractivity contribution in [3.8, 4) is 0 Å². The summed E-state index contributed by atoms with van der Waals surface area (Å²) in [6.45, 7) is 4.71. The van der Waals surface area contributed by atoms with Gasteiger partial charge in [-0.1, -0.05) is 50.6 Å². The van der Waals surface area contributed by atoms with Gasteiger partial charge in [-0.25, -0.2) is 0 Å². The topological polar surface area (TPSA) is 89.7 Å². The van der Waals surface area contributed by atoms with Crippen LogP contribution in [0.2, 0.25) is 0 Å². The lowest BCUT2D eigenvalue weighted by Gasteiger charge is -2.30. The van der Waals surface area contributed by atoms with Gasteiger partial charge in [0.1, 0.15) is 0 Å². The van der Waals surface area contributed by atoms with E-state index >= 15 is 0 Å². The molecule has 1 saturated heterocycles. The zero-order valence-electron chi connectivity index (χ0n) is 15.5. The fraction of sp³-hybridized carbons (Fsp3) is 0.550. The standard InChI is InChI=1S/C20H28N2O4/c1-3-14(2)18(15-7-5-4-6-8-15)20(25)26-13-17(23)22-11-9-16(10-12-22)19(21)24/h4-8,14,16,18H,3,9-13H2,1-2H3,(H2,21,24)/t14-,18-/m0/s1. The number of benzene rings is 1. The number of nitrogens with two attached hydrogens (primary N) is 1. The lowest BCUT2D eigenvalue weighted by Crippen LogP contribution is -2.43. The van der Waals surface area contributed by atoms with Crippen LogP contribution in [0.15, 0.2) is 30.3 Å². The normalized spacial score (nSPS) is 17.4. The van der Waals surface area contributed by atoms with E-state index in [2.05, 4.69) is 0 Å². The molecular formula is C20H28N2O4. The highest BCUT2D eigenvalue weighted by Crippen LogP contribution is 2.28. The molecule has 1 fully saturated rings. The monoisotopic (exact) mass is 360 g/mol. The Kier molecular flexibility index (Phi) is 7.18. The van der Waals surface area contributed by atoms with E-state index < -0.39 is 0 Å². The molecule has 1 aliphatic heterocycles. The van der Waals surface area contributed by atoms with Crippen molar-refractivity contribution in [3.63, 3.8) is 0 Å². The highest BCUT2D eigenvalue weighted by Gasteiger charge is 2.30. The summed E-state index contributed by atoms with van der Waals surface area (Å²) in [4.78, 5) is 37.8. The maximum absolute atomic E-state index is 12.6. The third kappa shape index (κ3) is 5.07. The van der Waals surface area contributed by atoms with Crippen molar-refractivity contribution in [2.75, 3.05) is 19.7 Å². The lowest BCUT2D eigenvalue weighted by atomic mass is 9.86. The molecule has 26 heavy (non-hydrogen) atoms. The van der Waals surface area contributed by atoms with E-state index in [1.807, 2.05) is 44.2 Å². The number of carbonyl (C=O) groups is 3. The first-order valence-electron chi connectivity index (χ1n) is 9.22. The number of likely N-dealkylation sites (tertiary alicyclic amines) is 1. The quantitative estimate of drug-likeness (QED) is 0.754. The number of piperidine rings is 1. The van der Waals surface area contributed by atoms with Crippen LogP contribution in [0.5, 0.6) is 0 Å². The molecule has 0 bridgehead atoms. The first-order chi connectivity index (χ1) is 12.4. The van der Waals surface area contributed by atoms with Gasteiger partial charge in [-0.15, -0.1) is 0 Å². The predicted molar refractivity (Wildman–Crippen MR) is 98.1 cm³/mol. The summed E-state index contributed by atoms with van der Waals surface area (Å²) in [5.74, 6) is -1.35. The van der Waals surface area contributed by atoms with E-state index in [-0.39, 0.29) is 42.1 Å². The molecule has 2 N–H and O–H groups in total. The van der Waals surface area contributed by atoms with Crippen LogP contribution in [-0.4, -0.2) is 42.4 Å². The van der Waals surface area contributed by atoms with Gasteiger partial charge in [0, 0.05) is 19.0 Å². The first-order valence-corrected chi connectivity index (χ1v) is 9.22. The molecule has 1 aliphatic rings. The van der Waals surface area contributed by atoms with E-state index in [0.717, 1.165) is 12.0 Å². The zero-order valence-corrected chi connectivity index (χ0v) is 15.5. The van der Waals surface area contributed by atoms with Gasteiger partial charge in [-0.3, -0.25) is 14.4 Å². The molecule has 0 aromatic heterocycles. The second-order valence-corrected chi connectivity index (χ2v) is 6.94. The maximum atomic E-state index is 12.6. The Bertz CT molecular complexity index is 624. The first kappa shape index (κ1) is 19.9. The van der Waals surface area contributed by atoms with E-state index in [1.54, 1.807) is 4.90 Å². The van der Waals surface area contributed by atoms with Crippen molar-refractivity contribution in [1.82, 2.24) is 4.90 Å². The molecule has 0 radical (unpaired) electrons. The van der Waals surface area contributed by atoms with E-state index in [4.69, 9.17) is 10.5 Å². The van der Waals surface area contributed by atoms with Crippen molar-refractivity contribution in [1.29, 1.82) is 0 Å². The Morgan fingerprint density at radius 3 is 2.35 bits per heavy atom. The largest absolute Gasteiger partial charge is 0.455 e. The fourth-order valence-electron chi connectivity index (χ4n) is 3.32. The van der Waals surface area contributed by atoms with Crippen LogP contribution in [-0.2, 0) is 19.1 Å². The van der Waals surface area contributed by atoms with Crippen LogP contribution in [0, 0.1) is 11.8 Å². The Morgan fingerprint density at radius 1 is 1.19 bits per heavy atom. The smallest absolute Gasteiger partial charge is 0.314 e. The summed E-state index contributed by atoms with van der Waals surface area (Å²) in [7, 11) is 0. The average molecular weight is 360 g/mol. The van der Waals surface area contributed by atoms with Crippen molar-refractivity contribution < 1.29 is 19.1 Å². The van der Waals surface area contributed by atoms with Crippen LogP contribution in [0.25, 0.3) is 0 Å². The van der Waals surface area contributed by atoms with E-state index in [9.17, 15) is 14.4 Å². The van der Waals surface area contributed by atoms with Gasteiger partial charge in [0.2, 0.25) is 5.91 Å². The van der Waals surface area contributed by atoms with Crippen LogP contribution in [0.1, 0.15) is 44.6 Å². The minimum absolute atomic E-state index is 0.117. The Balaban J connectivity index is 1.91. The van der Waals surface area contributed by atoms with Crippen molar-refractivity contribution in [2.45, 2.75) is 39.0 Å². The van der Waals surface area contributed by atoms with Gasteiger partial charge in [0.15, 0.2) is 6.61 Å². The SMILES string of the molecule is CC[C@H](C)[C@H](C(=O)OCC(=O)N1CCC(C(N)=O)CC1)c1ccccc1. The number of amides is 2. The Hall–Kier alpha value is -2.37. The van der Waals surface area contributed by atoms with Gasteiger partial charge in [0.05, 0.1) is 5.92 Å². The molecule has 0 aliphatic carbocycles. The van der Waals surface area contributed by atoms with Gasteiger partial charge >= 0.3 is 5.97 Å². The average Bonchev–Trinajstić information content (AvgIpc) is 2.67. The van der Waals surface area contributed by atoms with Crippen molar-refractivity contribution >= 4 is 17.8 Å². The van der Waals surface area contributed by atoms with E-state index in [1.165, 1.54) is 0 Å². The van der Waals surface area contributed by atoms with Crippen LogP contribution in [0.3, 0.4) is 0 Å². The molecule has 0 saturated carbocycles. The van der Waals surface area contributed by atoms with Crippen molar-refractivity contribution in [2.24, 2.45) is 17.6 Å². The molecule has 142 valence electrons. The fourth-order valence-corrected chi connectivity index (χ4v) is 3.32. The number of primary amides is 1. The molecule has 1 aromatic carbocycles. The van der Waals surface area contributed by atoms with Gasteiger partial charge in [-0.05, 0) is 24.3 Å². The number of rotatable bonds is 7. The number of hydrogen-bond acceptors (Lipinski definition) is 4. The minimum Gasteiger partial charge on any atom is -0.455 e. The molecule has 2 amide bonds. The summed E-state index contributed by atoms with van der Waals surface area (Å²) < 4.78 is 5.35. The second kappa shape index (κ2) is 9.36. The molecule has 1 aromatic rings. The molecule has 2 rings (SSSR count). The minimum atomic E-state index is -0.380. The summed E-state index contributed by atoms with van der Waals surface area (Å²) in [5, 5.41) is 0.